The Bertz CT molecular complexity index is 562. The van der Waals surface area contributed by atoms with Crippen molar-refractivity contribution in [3.63, 3.8) is 0 Å². The lowest BCUT2D eigenvalue weighted by molar-refractivity contribution is -0.147. The highest BCUT2D eigenvalue weighted by molar-refractivity contribution is 6.30. The maximum atomic E-state index is 12.3. The van der Waals surface area contributed by atoms with Gasteiger partial charge in [-0.05, 0) is 31.0 Å². The van der Waals surface area contributed by atoms with Gasteiger partial charge in [0.05, 0.1) is 24.0 Å². The third-order valence-electron chi connectivity index (χ3n) is 3.95. The van der Waals surface area contributed by atoms with E-state index in [4.69, 9.17) is 16.3 Å². The highest BCUT2D eigenvalue weighted by atomic mass is 35.5. The summed E-state index contributed by atoms with van der Waals surface area (Å²) in [4.78, 5) is 23.7. The lowest BCUT2D eigenvalue weighted by Gasteiger charge is -2.23. The molecule has 0 aromatic heterocycles. The van der Waals surface area contributed by atoms with Gasteiger partial charge in [-0.1, -0.05) is 17.7 Å². The number of aliphatic carboxylic acids is 1. The fourth-order valence-electron chi connectivity index (χ4n) is 3.12. The van der Waals surface area contributed by atoms with Crippen LogP contribution in [0.2, 0.25) is 5.02 Å². The third-order valence-corrected chi connectivity index (χ3v) is 4.19. The zero-order valence-corrected chi connectivity index (χ0v) is 11.3. The van der Waals surface area contributed by atoms with Crippen molar-refractivity contribution in [3.05, 3.63) is 29.3 Å². The maximum absolute atomic E-state index is 12.3. The zero-order chi connectivity index (χ0) is 14.3. The van der Waals surface area contributed by atoms with Crippen LogP contribution in [-0.4, -0.2) is 29.2 Å². The van der Waals surface area contributed by atoms with Gasteiger partial charge in [0.25, 0.3) is 0 Å². The standard InChI is InChI=1S/C14H14ClNO4/c15-7-2-1-3-8(6-7)16-13(17)11-9-4-5-10(20-9)12(11)14(18)19/h1-3,6,9-12H,4-5H2,(H,16,17)(H,18,19)/t9-,10+,11+,12-/m1/s1. The molecular formula is C14H14ClNO4. The number of hydrogen-bond donors (Lipinski definition) is 2. The molecule has 1 aromatic carbocycles. The van der Waals surface area contributed by atoms with Gasteiger partial charge in [0.2, 0.25) is 5.91 Å². The molecule has 1 aromatic rings. The number of ether oxygens (including phenoxy) is 1. The molecule has 2 fully saturated rings. The Labute approximate surface area is 120 Å². The molecule has 0 saturated carbocycles. The number of benzene rings is 1. The predicted molar refractivity (Wildman–Crippen MR) is 72.6 cm³/mol. The molecular weight excluding hydrogens is 282 g/mol. The van der Waals surface area contributed by atoms with Crippen LogP contribution in [0.3, 0.4) is 0 Å². The monoisotopic (exact) mass is 295 g/mol. The van der Waals surface area contributed by atoms with Crippen molar-refractivity contribution in [2.75, 3.05) is 5.32 Å². The molecule has 5 nitrogen and oxygen atoms in total. The molecule has 0 radical (unpaired) electrons. The topological polar surface area (TPSA) is 75.6 Å². The molecule has 1 amide bonds. The summed E-state index contributed by atoms with van der Waals surface area (Å²) in [6.45, 7) is 0. The zero-order valence-electron chi connectivity index (χ0n) is 10.6. The summed E-state index contributed by atoms with van der Waals surface area (Å²) in [7, 11) is 0. The number of halogens is 1. The van der Waals surface area contributed by atoms with E-state index in [1.807, 2.05) is 0 Å². The van der Waals surface area contributed by atoms with Crippen LogP contribution >= 0.6 is 11.6 Å². The van der Waals surface area contributed by atoms with Gasteiger partial charge in [-0.3, -0.25) is 9.59 Å². The number of carbonyl (C=O) groups is 2. The average molecular weight is 296 g/mol. The van der Waals surface area contributed by atoms with Crippen LogP contribution in [0.25, 0.3) is 0 Å². The number of carboxylic acids is 1. The summed E-state index contributed by atoms with van der Waals surface area (Å²) in [5, 5.41) is 12.5. The van der Waals surface area contributed by atoms with Crippen molar-refractivity contribution in [1.82, 2.24) is 0 Å². The van der Waals surface area contributed by atoms with Gasteiger partial charge in [-0.25, -0.2) is 0 Å². The first-order valence-corrected chi connectivity index (χ1v) is 6.89. The molecule has 2 saturated heterocycles. The normalized spacial score (nSPS) is 31.2. The second-order valence-electron chi connectivity index (χ2n) is 5.18. The molecule has 0 unspecified atom stereocenters. The molecule has 0 spiro atoms. The van der Waals surface area contributed by atoms with Crippen LogP contribution in [0.5, 0.6) is 0 Å². The Morgan fingerprint density at radius 3 is 2.60 bits per heavy atom. The second kappa shape index (κ2) is 5.07. The number of amides is 1. The molecule has 2 heterocycles. The summed E-state index contributed by atoms with van der Waals surface area (Å²) < 4.78 is 5.57. The highest BCUT2D eigenvalue weighted by Gasteiger charge is 2.55. The molecule has 2 bridgehead atoms. The average Bonchev–Trinajstić information content (AvgIpc) is 2.98. The van der Waals surface area contributed by atoms with E-state index in [9.17, 15) is 14.7 Å². The largest absolute Gasteiger partial charge is 0.481 e. The lowest BCUT2D eigenvalue weighted by Crippen LogP contribution is -2.40. The molecule has 0 aliphatic carbocycles. The second-order valence-corrected chi connectivity index (χ2v) is 5.62. The summed E-state index contributed by atoms with van der Waals surface area (Å²) in [6.07, 6.45) is 0.817. The summed E-state index contributed by atoms with van der Waals surface area (Å²) in [5.74, 6) is -2.67. The molecule has 2 aliphatic heterocycles. The Balaban J connectivity index is 1.78. The first-order chi connectivity index (χ1) is 9.56. The first-order valence-electron chi connectivity index (χ1n) is 6.51. The smallest absolute Gasteiger partial charge is 0.310 e. The van der Waals surface area contributed by atoms with Gasteiger partial charge < -0.3 is 15.2 Å². The summed E-state index contributed by atoms with van der Waals surface area (Å²) in [5.41, 5.74) is 0.564. The van der Waals surface area contributed by atoms with Crippen molar-refractivity contribution in [2.45, 2.75) is 25.0 Å². The van der Waals surface area contributed by atoms with E-state index >= 15 is 0 Å². The van der Waals surface area contributed by atoms with Gasteiger partial charge in [-0.2, -0.15) is 0 Å². The number of nitrogens with one attached hydrogen (secondary N) is 1. The molecule has 4 atom stereocenters. The van der Waals surface area contributed by atoms with Crippen LogP contribution in [0.1, 0.15) is 12.8 Å². The molecule has 6 heteroatoms. The quantitative estimate of drug-likeness (QED) is 0.896. The van der Waals surface area contributed by atoms with Gasteiger partial charge in [-0.15, -0.1) is 0 Å². The minimum Gasteiger partial charge on any atom is -0.481 e. The number of rotatable bonds is 3. The van der Waals surface area contributed by atoms with E-state index in [2.05, 4.69) is 5.32 Å². The van der Waals surface area contributed by atoms with E-state index in [0.29, 0.717) is 17.1 Å². The van der Waals surface area contributed by atoms with Crippen LogP contribution in [0.15, 0.2) is 24.3 Å². The van der Waals surface area contributed by atoms with Crippen molar-refractivity contribution in [3.8, 4) is 0 Å². The first kappa shape index (κ1) is 13.4. The highest BCUT2D eigenvalue weighted by Crippen LogP contribution is 2.44. The van der Waals surface area contributed by atoms with Gasteiger partial charge in [0.15, 0.2) is 0 Å². The number of carbonyl (C=O) groups excluding carboxylic acids is 1. The van der Waals surface area contributed by atoms with E-state index in [0.717, 1.165) is 6.42 Å². The van der Waals surface area contributed by atoms with Gasteiger partial charge in [0, 0.05) is 10.7 Å². The molecule has 3 rings (SSSR count). The van der Waals surface area contributed by atoms with Crippen molar-refractivity contribution >= 4 is 29.2 Å². The Morgan fingerprint density at radius 2 is 1.95 bits per heavy atom. The summed E-state index contributed by atoms with van der Waals surface area (Å²) in [6, 6.07) is 6.78. The van der Waals surface area contributed by atoms with Crippen LogP contribution in [0, 0.1) is 11.8 Å². The van der Waals surface area contributed by atoms with Crippen LogP contribution in [-0.2, 0) is 14.3 Å². The maximum Gasteiger partial charge on any atom is 0.310 e. The van der Waals surface area contributed by atoms with Crippen LogP contribution in [0.4, 0.5) is 5.69 Å². The molecule has 20 heavy (non-hydrogen) atoms. The Kier molecular flexibility index (Phi) is 3.40. The SMILES string of the molecule is O=C(Nc1cccc(Cl)c1)[C@@H]1[C@H](C(=O)O)[C@@H]2CC[C@H]1O2. The Hall–Kier alpha value is -1.59. The van der Waals surface area contributed by atoms with E-state index in [-0.39, 0.29) is 18.1 Å². The fraction of sp³-hybridized carbons (Fsp3) is 0.429. The molecule has 2 aliphatic rings. The number of fused-ring (bicyclic) bond motifs is 2. The van der Waals surface area contributed by atoms with E-state index in [1.165, 1.54) is 0 Å². The van der Waals surface area contributed by atoms with Crippen molar-refractivity contribution in [2.24, 2.45) is 11.8 Å². The predicted octanol–water partition coefficient (Wildman–Crippen LogP) is 2.16. The minimum absolute atomic E-state index is 0.291. The summed E-state index contributed by atoms with van der Waals surface area (Å²) >= 11 is 5.86. The van der Waals surface area contributed by atoms with Crippen LogP contribution < -0.4 is 5.32 Å². The van der Waals surface area contributed by atoms with Crippen molar-refractivity contribution < 1.29 is 19.4 Å². The van der Waals surface area contributed by atoms with E-state index < -0.39 is 17.8 Å². The molecule has 106 valence electrons. The molecule has 2 N–H and O–H groups in total. The van der Waals surface area contributed by atoms with Gasteiger partial charge >= 0.3 is 5.97 Å². The number of hydrogen-bond acceptors (Lipinski definition) is 3. The number of anilines is 1. The fourth-order valence-corrected chi connectivity index (χ4v) is 3.31. The van der Waals surface area contributed by atoms with E-state index in [1.54, 1.807) is 24.3 Å². The minimum atomic E-state index is -0.969. The number of carboxylic acid groups (broad SMARTS) is 1. The third kappa shape index (κ3) is 2.27. The van der Waals surface area contributed by atoms with Gasteiger partial charge in [0.1, 0.15) is 0 Å². The lowest BCUT2D eigenvalue weighted by atomic mass is 9.78. The van der Waals surface area contributed by atoms with Crippen molar-refractivity contribution in [1.29, 1.82) is 0 Å². The Morgan fingerprint density at radius 1 is 1.25 bits per heavy atom.